The zero-order chi connectivity index (χ0) is 11.7. The summed E-state index contributed by atoms with van der Waals surface area (Å²) in [6.45, 7) is 0. The molecule has 0 amide bonds. The molecule has 0 aliphatic heterocycles. The molecule has 3 aromatic heterocycles. The molecule has 0 aliphatic rings. The van der Waals surface area contributed by atoms with Gasteiger partial charge in [0, 0.05) is 30.2 Å². The Bertz CT molecular complexity index is 709. The summed E-state index contributed by atoms with van der Waals surface area (Å²) < 4.78 is 1.83. The van der Waals surface area contributed by atoms with Crippen LogP contribution in [0, 0.1) is 11.3 Å². The van der Waals surface area contributed by atoms with Crippen molar-refractivity contribution >= 4 is 5.65 Å². The summed E-state index contributed by atoms with van der Waals surface area (Å²) in [6.07, 6.45) is 5.23. The standard InChI is InChI=1S/C12H7N5/c13-7-9-3-5-17-11(6-9)15-16-12(17)10-2-1-4-14-8-10/h1-6,8H. The van der Waals surface area contributed by atoms with E-state index in [9.17, 15) is 0 Å². The Morgan fingerprint density at radius 1 is 1.24 bits per heavy atom. The van der Waals surface area contributed by atoms with E-state index in [-0.39, 0.29) is 0 Å². The van der Waals surface area contributed by atoms with E-state index in [0.29, 0.717) is 11.2 Å². The van der Waals surface area contributed by atoms with E-state index >= 15 is 0 Å². The third-order valence-corrected chi connectivity index (χ3v) is 2.46. The second-order valence-corrected chi connectivity index (χ2v) is 3.52. The highest BCUT2D eigenvalue weighted by atomic mass is 15.2. The number of pyridine rings is 2. The molecule has 3 rings (SSSR count). The summed E-state index contributed by atoms with van der Waals surface area (Å²) in [5.74, 6) is 0.720. The van der Waals surface area contributed by atoms with Crippen molar-refractivity contribution in [3.63, 3.8) is 0 Å². The molecule has 5 nitrogen and oxygen atoms in total. The number of nitriles is 1. The van der Waals surface area contributed by atoms with E-state index in [1.54, 1.807) is 30.7 Å². The number of fused-ring (bicyclic) bond motifs is 1. The minimum atomic E-state index is 0.572. The molecule has 0 radical (unpaired) electrons. The molecule has 3 aromatic rings. The molecule has 0 spiro atoms. The van der Waals surface area contributed by atoms with Gasteiger partial charge >= 0.3 is 0 Å². The highest BCUT2D eigenvalue weighted by molar-refractivity contribution is 5.59. The molecule has 17 heavy (non-hydrogen) atoms. The fraction of sp³-hybridized carbons (Fsp3) is 0. The minimum Gasteiger partial charge on any atom is -0.282 e. The fourth-order valence-corrected chi connectivity index (χ4v) is 1.65. The molecule has 0 unspecified atom stereocenters. The maximum absolute atomic E-state index is 8.80. The minimum absolute atomic E-state index is 0.572. The van der Waals surface area contributed by atoms with E-state index < -0.39 is 0 Å². The Kier molecular flexibility index (Phi) is 2.06. The summed E-state index contributed by atoms with van der Waals surface area (Å²) in [4.78, 5) is 4.05. The van der Waals surface area contributed by atoms with E-state index in [2.05, 4.69) is 21.3 Å². The second-order valence-electron chi connectivity index (χ2n) is 3.52. The molecule has 0 fully saturated rings. The predicted molar refractivity (Wildman–Crippen MR) is 60.9 cm³/mol. The lowest BCUT2D eigenvalue weighted by molar-refractivity contribution is 1.10. The maximum atomic E-state index is 8.80. The normalized spacial score (nSPS) is 10.3. The first-order valence-corrected chi connectivity index (χ1v) is 5.04. The Morgan fingerprint density at radius 3 is 2.94 bits per heavy atom. The van der Waals surface area contributed by atoms with Crippen LogP contribution in [0.3, 0.4) is 0 Å². The van der Waals surface area contributed by atoms with Gasteiger partial charge in [0.1, 0.15) is 0 Å². The van der Waals surface area contributed by atoms with Gasteiger partial charge in [0.05, 0.1) is 11.6 Å². The zero-order valence-electron chi connectivity index (χ0n) is 8.78. The quantitative estimate of drug-likeness (QED) is 0.626. The van der Waals surface area contributed by atoms with Gasteiger partial charge in [-0.2, -0.15) is 5.26 Å². The van der Waals surface area contributed by atoms with Crippen LogP contribution < -0.4 is 0 Å². The zero-order valence-corrected chi connectivity index (χ0v) is 8.78. The lowest BCUT2D eigenvalue weighted by Gasteiger charge is -1.98. The van der Waals surface area contributed by atoms with Crippen molar-refractivity contribution in [3.8, 4) is 17.5 Å². The number of rotatable bonds is 1. The molecule has 0 bridgehead atoms. The molecular weight excluding hydrogens is 214 g/mol. The van der Waals surface area contributed by atoms with Crippen molar-refractivity contribution in [1.29, 1.82) is 5.26 Å². The Hall–Kier alpha value is -2.74. The monoisotopic (exact) mass is 221 g/mol. The van der Waals surface area contributed by atoms with Gasteiger partial charge < -0.3 is 0 Å². The van der Waals surface area contributed by atoms with Crippen LogP contribution in [0.15, 0.2) is 42.9 Å². The predicted octanol–water partition coefficient (Wildman–Crippen LogP) is 1.66. The van der Waals surface area contributed by atoms with Crippen LogP contribution in [0.1, 0.15) is 5.56 Å². The van der Waals surface area contributed by atoms with Crippen LogP contribution >= 0.6 is 0 Å². The first-order chi connectivity index (χ1) is 8.38. The number of hydrogen-bond acceptors (Lipinski definition) is 4. The first-order valence-electron chi connectivity index (χ1n) is 5.04. The van der Waals surface area contributed by atoms with E-state index in [4.69, 9.17) is 5.26 Å². The molecule has 0 saturated heterocycles. The molecule has 80 valence electrons. The van der Waals surface area contributed by atoms with E-state index in [0.717, 1.165) is 11.4 Å². The van der Waals surface area contributed by atoms with Crippen LogP contribution in [-0.2, 0) is 0 Å². The first kappa shape index (κ1) is 9.48. The van der Waals surface area contributed by atoms with Crippen molar-refractivity contribution in [3.05, 3.63) is 48.4 Å². The SMILES string of the molecule is N#Cc1ccn2c(-c3cccnc3)nnc2c1. The van der Waals surface area contributed by atoms with Crippen LogP contribution in [0.4, 0.5) is 0 Å². The lowest BCUT2D eigenvalue weighted by Crippen LogP contribution is -1.90. The largest absolute Gasteiger partial charge is 0.282 e. The van der Waals surface area contributed by atoms with Gasteiger partial charge in [-0.25, -0.2) is 0 Å². The van der Waals surface area contributed by atoms with Crippen molar-refractivity contribution in [1.82, 2.24) is 19.6 Å². The molecule has 0 aliphatic carbocycles. The second kappa shape index (κ2) is 3.68. The summed E-state index contributed by atoms with van der Waals surface area (Å²) in [5.41, 5.74) is 2.12. The van der Waals surface area contributed by atoms with Gasteiger partial charge in [0.15, 0.2) is 11.5 Å². The van der Waals surface area contributed by atoms with Gasteiger partial charge in [0.25, 0.3) is 0 Å². The highest BCUT2D eigenvalue weighted by Crippen LogP contribution is 2.17. The molecule has 5 heteroatoms. The third-order valence-electron chi connectivity index (χ3n) is 2.46. The molecule has 0 saturated carbocycles. The third kappa shape index (κ3) is 1.52. The van der Waals surface area contributed by atoms with E-state index in [1.807, 2.05) is 16.5 Å². The summed E-state index contributed by atoms with van der Waals surface area (Å²) in [6, 6.07) is 9.27. The number of aromatic nitrogens is 4. The Labute approximate surface area is 97.0 Å². The topological polar surface area (TPSA) is 66.9 Å². The average molecular weight is 221 g/mol. The van der Waals surface area contributed by atoms with Gasteiger partial charge in [-0.1, -0.05) is 0 Å². The summed E-state index contributed by atoms with van der Waals surface area (Å²) >= 11 is 0. The fourth-order valence-electron chi connectivity index (χ4n) is 1.65. The van der Waals surface area contributed by atoms with Gasteiger partial charge in [-0.15, -0.1) is 10.2 Å². The number of nitrogens with zero attached hydrogens (tertiary/aromatic N) is 5. The number of hydrogen-bond donors (Lipinski definition) is 0. The average Bonchev–Trinajstić information content (AvgIpc) is 2.82. The van der Waals surface area contributed by atoms with Crippen molar-refractivity contribution in [2.24, 2.45) is 0 Å². The summed E-state index contributed by atoms with van der Waals surface area (Å²) in [5, 5.41) is 16.9. The lowest BCUT2D eigenvalue weighted by atomic mass is 10.2. The van der Waals surface area contributed by atoms with Crippen molar-refractivity contribution in [2.75, 3.05) is 0 Å². The smallest absolute Gasteiger partial charge is 0.169 e. The van der Waals surface area contributed by atoms with Crippen LogP contribution in [0.2, 0.25) is 0 Å². The van der Waals surface area contributed by atoms with Crippen LogP contribution in [-0.4, -0.2) is 19.6 Å². The molecule has 0 atom stereocenters. The molecule has 0 aromatic carbocycles. The summed E-state index contributed by atoms with van der Waals surface area (Å²) in [7, 11) is 0. The highest BCUT2D eigenvalue weighted by Gasteiger charge is 2.07. The molecule has 0 N–H and O–H groups in total. The van der Waals surface area contributed by atoms with Crippen LogP contribution in [0.5, 0.6) is 0 Å². The molecular formula is C12H7N5. The Morgan fingerprint density at radius 2 is 2.18 bits per heavy atom. The molecule has 3 heterocycles. The van der Waals surface area contributed by atoms with Gasteiger partial charge in [0.2, 0.25) is 0 Å². The maximum Gasteiger partial charge on any atom is 0.169 e. The van der Waals surface area contributed by atoms with Crippen molar-refractivity contribution < 1.29 is 0 Å². The van der Waals surface area contributed by atoms with Gasteiger partial charge in [-0.3, -0.25) is 9.38 Å². The Balaban J connectivity index is 2.23. The van der Waals surface area contributed by atoms with Crippen molar-refractivity contribution in [2.45, 2.75) is 0 Å². The van der Waals surface area contributed by atoms with Crippen LogP contribution in [0.25, 0.3) is 17.0 Å². The van der Waals surface area contributed by atoms with Gasteiger partial charge in [-0.05, 0) is 18.2 Å². The van der Waals surface area contributed by atoms with E-state index in [1.165, 1.54) is 0 Å².